The Morgan fingerprint density at radius 2 is 1.86 bits per heavy atom. The second-order valence-electron chi connectivity index (χ2n) is 5.04. The Kier molecular flexibility index (Phi) is 4.78. The highest BCUT2D eigenvalue weighted by atomic mass is 32.2. The second kappa shape index (κ2) is 5.41. The van der Waals surface area contributed by atoms with E-state index in [4.69, 9.17) is 0 Å². The molecule has 0 N–H and O–H groups in total. The molecular formula is C12H25NS. The number of nitrogens with zero attached hydrogens (tertiary/aromatic N) is 1. The fourth-order valence-corrected chi connectivity index (χ4v) is 3.50. The van der Waals surface area contributed by atoms with Crippen LogP contribution in [0.5, 0.6) is 0 Å². The lowest BCUT2D eigenvalue weighted by Gasteiger charge is -2.35. The molecule has 1 heterocycles. The van der Waals surface area contributed by atoms with Crippen molar-refractivity contribution in [2.45, 2.75) is 58.7 Å². The van der Waals surface area contributed by atoms with Gasteiger partial charge in [-0.15, -0.1) is 0 Å². The predicted octanol–water partition coefficient (Wildman–Crippen LogP) is 3.25. The molecule has 2 atom stereocenters. The molecule has 0 aromatic rings. The molecule has 0 aliphatic carbocycles. The van der Waals surface area contributed by atoms with E-state index in [1.54, 1.807) is 0 Å². The summed E-state index contributed by atoms with van der Waals surface area (Å²) in [6.45, 7) is 9.41. The third kappa shape index (κ3) is 2.66. The van der Waals surface area contributed by atoms with Gasteiger partial charge in [-0.3, -0.25) is 4.90 Å². The summed E-state index contributed by atoms with van der Waals surface area (Å²) in [6.07, 6.45) is 5.03. The van der Waals surface area contributed by atoms with Crippen molar-refractivity contribution >= 4 is 11.8 Å². The highest BCUT2D eigenvalue weighted by molar-refractivity contribution is 7.98. The molecule has 1 nitrogen and oxygen atoms in total. The summed E-state index contributed by atoms with van der Waals surface area (Å²) in [6, 6.07) is 2.37. The Morgan fingerprint density at radius 1 is 1.21 bits per heavy atom. The van der Waals surface area contributed by atoms with Crippen LogP contribution in [0.4, 0.5) is 0 Å². The van der Waals surface area contributed by atoms with Crippen molar-refractivity contribution in [1.29, 1.82) is 0 Å². The summed E-state index contributed by atoms with van der Waals surface area (Å²) >= 11 is 1.99. The smallest absolute Gasteiger partial charge is 0.0192 e. The molecule has 0 aromatic heterocycles. The fourth-order valence-electron chi connectivity index (χ4n) is 2.78. The number of rotatable bonds is 4. The summed E-state index contributed by atoms with van der Waals surface area (Å²) in [7, 11) is 0. The Morgan fingerprint density at radius 3 is 2.29 bits per heavy atom. The van der Waals surface area contributed by atoms with Gasteiger partial charge in [-0.1, -0.05) is 13.8 Å². The molecule has 2 heteroatoms. The summed E-state index contributed by atoms with van der Waals surface area (Å²) in [4.78, 5) is 2.75. The van der Waals surface area contributed by atoms with Crippen LogP contribution < -0.4 is 0 Å². The molecule has 0 saturated carbocycles. The Labute approximate surface area is 93.6 Å². The minimum atomic E-state index is 0.710. The van der Waals surface area contributed by atoms with Crippen LogP contribution >= 0.6 is 11.8 Å². The molecule has 0 radical (unpaired) electrons. The number of hydrogen-bond donors (Lipinski definition) is 0. The van der Waals surface area contributed by atoms with Crippen molar-refractivity contribution in [2.24, 2.45) is 5.92 Å². The van der Waals surface area contributed by atoms with Gasteiger partial charge in [-0.25, -0.2) is 0 Å². The van der Waals surface area contributed by atoms with E-state index >= 15 is 0 Å². The van der Waals surface area contributed by atoms with Gasteiger partial charge in [0.15, 0.2) is 0 Å². The molecule has 1 aliphatic heterocycles. The maximum atomic E-state index is 2.75. The lowest BCUT2D eigenvalue weighted by atomic mass is 10.0. The van der Waals surface area contributed by atoms with E-state index in [-0.39, 0.29) is 0 Å². The first kappa shape index (κ1) is 12.4. The van der Waals surface area contributed by atoms with Crippen LogP contribution in [0, 0.1) is 5.92 Å². The largest absolute Gasteiger partial charge is 0.294 e. The van der Waals surface area contributed by atoms with Crippen molar-refractivity contribution in [3.8, 4) is 0 Å². The monoisotopic (exact) mass is 215 g/mol. The third-order valence-corrected chi connectivity index (χ3v) is 4.04. The molecule has 0 bridgehead atoms. The minimum Gasteiger partial charge on any atom is -0.294 e. The summed E-state index contributed by atoms with van der Waals surface area (Å²) < 4.78 is 0. The van der Waals surface area contributed by atoms with Gasteiger partial charge >= 0.3 is 0 Å². The zero-order chi connectivity index (χ0) is 10.7. The van der Waals surface area contributed by atoms with E-state index in [1.807, 2.05) is 11.8 Å². The van der Waals surface area contributed by atoms with E-state index in [9.17, 15) is 0 Å². The van der Waals surface area contributed by atoms with Gasteiger partial charge in [0.25, 0.3) is 0 Å². The normalized spacial score (nSPS) is 29.4. The van der Waals surface area contributed by atoms with Gasteiger partial charge in [0.05, 0.1) is 0 Å². The van der Waals surface area contributed by atoms with Gasteiger partial charge in [-0.2, -0.15) is 11.8 Å². The first-order chi connectivity index (χ1) is 6.57. The number of thioether (sulfide) groups is 1. The lowest BCUT2D eigenvalue weighted by molar-refractivity contribution is 0.129. The van der Waals surface area contributed by atoms with Gasteiger partial charge in [0.2, 0.25) is 0 Å². The van der Waals surface area contributed by atoms with E-state index in [0.29, 0.717) is 6.04 Å². The molecule has 2 unspecified atom stereocenters. The molecule has 84 valence electrons. The molecule has 1 fully saturated rings. The van der Waals surface area contributed by atoms with Gasteiger partial charge in [0, 0.05) is 23.9 Å². The van der Waals surface area contributed by atoms with Crippen molar-refractivity contribution < 1.29 is 0 Å². The van der Waals surface area contributed by atoms with Crippen LogP contribution in [-0.2, 0) is 0 Å². The van der Waals surface area contributed by atoms with Crippen LogP contribution in [0.15, 0.2) is 0 Å². The van der Waals surface area contributed by atoms with Crippen LogP contribution in [0.1, 0.15) is 40.5 Å². The van der Waals surface area contributed by atoms with Crippen molar-refractivity contribution in [2.75, 3.05) is 12.0 Å². The first-order valence-electron chi connectivity index (χ1n) is 5.84. The first-order valence-corrected chi connectivity index (χ1v) is 7.23. The molecular weight excluding hydrogens is 190 g/mol. The quantitative estimate of drug-likeness (QED) is 0.708. The standard InChI is InChI=1S/C12H25NS/c1-9(2)12-7-6-11(8-14-5)13(12)10(3)4/h9-12H,6-8H2,1-5H3. The lowest BCUT2D eigenvalue weighted by Crippen LogP contribution is -2.44. The van der Waals surface area contributed by atoms with Crippen molar-refractivity contribution in [3.05, 3.63) is 0 Å². The average molecular weight is 215 g/mol. The van der Waals surface area contributed by atoms with E-state index < -0.39 is 0 Å². The molecule has 1 saturated heterocycles. The van der Waals surface area contributed by atoms with E-state index in [1.165, 1.54) is 18.6 Å². The molecule has 0 amide bonds. The predicted molar refractivity (Wildman–Crippen MR) is 67.0 cm³/mol. The van der Waals surface area contributed by atoms with Crippen molar-refractivity contribution in [3.63, 3.8) is 0 Å². The maximum Gasteiger partial charge on any atom is 0.0192 e. The van der Waals surface area contributed by atoms with Gasteiger partial charge in [-0.05, 0) is 38.9 Å². The Hall–Kier alpha value is 0.310. The highest BCUT2D eigenvalue weighted by Crippen LogP contribution is 2.32. The Bertz CT molecular complexity index is 168. The highest BCUT2D eigenvalue weighted by Gasteiger charge is 2.35. The van der Waals surface area contributed by atoms with Crippen LogP contribution in [-0.4, -0.2) is 35.0 Å². The topological polar surface area (TPSA) is 3.24 Å². The van der Waals surface area contributed by atoms with Crippen LogP contribution in [0.3, 0.4) is 0 Å². The SMILES string of the molecule is CSCC1CCC(C(C)C)N1C(C)C. The molecule has 1 rings (SSSR count). The van der Waals surface area contributed by atoms with Crippen LogP contribution in [0.2, 0.25) is 0 Å². The minimum absolute atomic E-state index is 0.710. The number of hydrogen-bond acceptors (Lipinski definition) is 2. The number of likely N-dealkylation sites (tertiary alicyclic amines) is 1. The van der Waals surface area contributed by atoms with Crippen LogP contribution in [0.25, 0.3) is 0 Å². The summed E-state index contributed by atoms with van der Waals surface area (Å²) in [5.74, 6) is 2.12. The molecule has 0 aromatic carbocycles. The maximum absolute atomic E-state index is 2.75. The molecule has 0 spiro atoms. The summed E-state index contributed by atoms with van der Waals surface area (Å²) in [5, 5.41) is 0. The van der Waals surface area contributed by atoms with E-state index in [0.717, 1.165) is 18.0 Å². The zero-order valence-electron chi connectivity index (χ0n) is 10.3. The fraction of sp³-hybridized carbons (Fsp3) is 1.00. The molecule has 1 aliphatic rings. The van der Waals surface area contributed by atoms with Gasteiger partial charge < -0.3 is 0 Å². The third-order valence-electron chi connectivity index (χ3n) is 3.33. The molecule has 14 heavy (non-hydrogen) atoms. The average Bonchev–Trinajstić information content (AvgIpc) is 2.48. The zero-order valence-corrected chi connectivity index (χ0v) is 11.1. The van der Waals surface area contributed by atoms with Gasteiger partial charge in [0.1, 0.15) is 0 Å². The van der Waals surface area contributed by atoms with E-state index in [2.05, 4.69) is 38.9 Å². The summed E-state index contributed by atoms with van der Waals surface area (Å²) in [5.41, 5.74) is 0. The van der Waals surface area contributed by atoms with Crippen molar-refractivity contribution in [1.82, 2.24) is 4.90 Å². The Balaban J connectivity index is 2.64. The second-order valence-corrected chi connectivity index (χ2v) is 5.95.